The summed E-state index contributed by atoms with van der Waals surface area (Å²) in [7, 11) is 0. The van der Waals surface area contributed by atoms with Gasteiger partial charge in [-0.1, -0.05) is 37.3 Å². The second-order valence-corrected chi connectivity index (χ2v) is 4.63. The first kappa shape index (κ1) is 13.8. The molecular weight excluding hydrogens is 238 g/mol. The number of nitrogens with zero attached hydrogens (tertiary/aromatic N) is 2. The normalized spacial score (nSPS) is 12.5. The van der Waals surface area contributed by atoms with Crippen molar-refractivity contribution in [3.8, 4) is 0 Å². The molecule has 0 bridgehead atoms. The van der Waals surface area contributed by atoms with E-state index in [1.54, 1.807) is 0 Å². The minimum atomic E-state index is 0.141. The van der Waals surface area contributed by atoms with Crippen LogP contribution in [-0.4, -0.2) is 27.3 Å². The summed E-state index contributed by atoms with van der Waals surface area (Å²) in [5, 5.41) is 12.5. The fourth-order valence-electron chi connectivity index (χ4n) is 2.00. The van der Waals surface area contributed by atoms with Gasteiger partial charge in [-0.15, -0.1) is 0 Å². The lowest BCUT2D eigenvalue weighted by molar-refractivity contribution is 0.237. The van der Waals surface area contributed by atoms with E-state index in [1.807, 2.05) is 30.6 Å². The van der Waals surface area contributed by atoms with Gasteiger partial charge in [0.25, 0.3) is 0 Å². The largest absolute Gasteiger partial charge is 0.395 e. The van der Waals surface area contributed by atoms with E-state index < -0.39 is 0 Å². The maximum atomic E-state index is 9.17. The van der Waals surface area contributed by atoms with Gasteiger partial charge in [0.2, 0.25) is 0 Å². The summed E-state index contributed by atoms with van der Waals surface area (Å²) in [5.41, 5.74) is 1.26. The second-order valence-electron chi connectivity index (χ2n) is 4.63. The van der Waals surface area contributed by atoms with Crippen molar-refractivity contribution in [1.82, 2.24) is 14.9 Å². The molecule has 4 nitrogen and oxygen atoms in total. The van der Waals surface area contributed by atoms with Crippen molar-refractivity contribution in [2.45, 2.75) is 32.5 Å². The van der Waals surface area contributed by atoms with Crippen LogP contribution in [-0.2, 0) is 13.1 Å². The molecule has 0 aliphatic heterocycles. The van der Waals surface area contributed by atoms with Crippen LogP contribution in [0.3, 0.4) is 0 Å². The molecule has 0 radical (unpaired) electrons. The molecule has 0 aliphatic carbocycles. The standard InChI is InChI=1S/C15H21N3O/c1-2-14(12-19)17-10-15-16-8-9-18(15)11-13-6-4-3-5-7-13/h3-9,14,17,19H,2,10-12H2,1H3. The molecule has 0 amide bonds. The number of benzene rings is 1. The summed E-state index contributed by atoms with van der Waals surface area (Å²) in [6.45, 7) is 3.73. The van der Waals surface area contributed by atoms with Crippen LogP contribution in [0.15, 0.2) is 42.7 Å². The summed E-state index contributed by atoms with van der Waals surface area (Å²) >= 11 is 0. The zero-order valence-electron chi connectivity index (χ0n) is 11.3. The third-order valence-corrected chi connectivity index (χ3v) is 3.26. The Labute approximate surface area is 114 Å². The number of hydrogen-bond donors (Lipinski definition) is 2. The van der Waals surface area contributed by atoms with E-state index in [1.165, 1.54) is 5.56 Å². The molecule has 0 fully saturated rings. The molecule has 1 atom stereocenters. The molecule has 2 N–H and O–H groups in total. The molecule has 0 aliphatic rings. The summed E-state index contributed by atoms with van der Waals surface area (Å²) < 4.78 is 2.13. The minimum absolute atomic E-state index is 0.141. The highest BCUT2D eigenvalue weighted by atomic mass is 16.3. The summed E-state index contributed by atoms with van der Waals surface area (Å²) in [6, 6.07) is 10.5. The van der Waals surface area contributed by atoms with Crippen molar-refractivity contribution in [1.29, 1.82) is 0 Å². The highest BCUT2D eigenvalue weighted by Gasteiger charge is 2.07. The van der Waals surface area contributed by atoms with Crippen molar-refractivity contribution >= 4 is 0 Å². The van der Waals surface area contributed by atoms with Crippen molar-refractivity contribution < 1.29 is 5.11 Å². The van der Waals surface area contributed by atoms with E-state index in [2.05, 4.69) is 33.9 Å². The Balaban J connectivity index is 1.98. The first-order valence-corrected chi connectivity index (χ1v) is 6.71. The fraction of sp³-hybridized carbons (Fsp3) is 0.400. The minimum Gasteiger partial charge on any atom is -0.395 e. The average molecular weight is 259 g/mol. The Morgan fingerprint density at radius 3 is 2.79 bits per heavy atom. The van der Waals surface area contributed by atoms with Crippen LogP contribution in [0.25, 0.3) is 0 Å². The highest BCUT2D eigenvalue weighted by Crippen LogP contribution is 2.05. The van der Waals surface area contributed by atoms with Crippen LogP contribution in [0.1, 0.15) is 24.7 Å². The van der Waals surface area contributed by atoms with E-state index in [9.17, 15) is 0 Å². The Morgan fingerprint density at radius 1 is 1.32 bits per heavy atom. The first-order valence-electron chi connectivity index (χ1n) is 6.71. The lowest BCUT2D eigenvalue weighted by Crippen LogP contribution is -2.32. The number of aliphatic hydroxyl groups excluding tert-OH is 1. The Hall–Kier alpha value is -1.65. The zero-order valence-corrected chi connectivity index (χ0v) is 11.3. The van der Waals surface area contributed by atoms with E-state index in [-0.39, 0.29) is 12.6 Å². The van der Waals surface area contributed by atoms with Crippen LogP contribution in [0.2, 0.25) is 0 Å². The molecule has 0 saturated carbocycles. The van der Waals surface area contributed by atoms with Gasteiger partial charge in [0, 0.05) is 25.0 Å². The highest BCUT2D eigenvalue weighted by molar-refractivity contribution is 5.15. The lowest BCUT2D eigenvalue weighted by atomic mass is 10.2. The molecule has 19 heavy (non-hydrogen) atoms. The topological polar surface area (TPSA) is 50.1 Å². The van der Waals surface area contributed by atoms with E-state index in [4.69, 9.17) is 5.11 Å². The Morgan fingerprint density at radius 2 is 2.11 bits per heavy atom. The van der Waals surface area contributed by atoms with Crippen LogP contribution < -0.4 is 5.32 Å². The van der Waals surface area contributed by atoms with Crippen LogP contribution in [0.4, 0.5) is 0 Å². The van der Waals surface area contributed by atoms with Gasteiger partial charge in [0.1, 0.15) is 5.82 Å². The number of hydrogen-bond acceptors (Lipinski definition) is 3. The molecule has 0 spiro atoms. The van der Waals surface area contributed by atoms with Crippen LogP contribution >= 0.6 is 0 Å². The van der Waals surface area contributed by atoms with E-state index in [0.717, 1.165) is 18.8 Å². The van der Waals surface area contributed by atoms with Gasteiger partial charge in [0.15, 0.2) is 0 Å². The van der Waals surface area contributed by atoms with Gasteiger partial charge in [-0.2, -0.15) is 0 Å². The van der Waals surface area contributed by atoms with Crippen LogP contribution in [0, 0.1) is 0 Å². The van der Waals surface area contributed by atoms with Gasteiger partial charge in [-0.05, 0) is 12.0 Å². The molecule has 102 valence electrons. The van der Waals surface area contributed by atoms with Crippen molar-refractivity contribution in [3.05, 3.63) is 54.1 Å². The van der Waals surface area contributed by atoms with Gasteiger partial charge in [-0.3, -0.25) is 0 Å². The summed E-state index contributed by atoms with van der Waals surface area (Å²) in [6.07, 6.45) is 4.72. The van der Waals surface area contributed by atoms with Crippen LogP contribution in [0.5, 0.6) is 0 Å². The van der Waals surface area contributed by atoms with E-state index >= 15 is 0 Å². The van der Waals surface area contributed by atoms with Gasteiger partial charge in [0.05, 0.1) is 13.2 Å². The van der Waals surface area contributed by atoms with Crippen molar-refractivity contribution in [3.63, 3.8) is 0 Å². The van der Waals surface area contributed by atoms with Gasteiger partial charge in [-0.25, -0.2) is 4.98 Å². The number of aromatic nitrogens is 2. The monoisotopic (exact) mass is 259 g/mol. The number of nitrogens with one attached hydrogen (secondary N) is 1. The SMILES string of the molecule is CCC(CO)NCc1nccn1Cc1ccccc1. The average Bonchev–Trinajstić information content (AvgIpc) is 2.88. The van der Waals surface area contributed by atoms with E-state index in [0.29, 0.717) is 6.54 Å². The van der Waals surface area contributed by atoms with Gasteiger partial charge >= 0.3 is 0 Å². The molecule has 1 unspecified atom stereocenters. The molecule has 4 heteroatoms. The smallest absolute Gasteiger partial charge is 0.122 e. The molecule has 1 aromatic heterocycles. The second kappa shape index (κ2) is 7.07. The quantitative estimate of drug-likeness (QED) is 0.797. The first-order chi connectivity index (χ1) is 9.33. The molecular formula is C15H21N3O. The maximum absolute atomic E-state index is 9.17. The maximum Gasteiger partial charge on any atom is 0.122 e. The third-order valence-electron chi connectivity index (χ3n) is 3.26. The molecule has 2 rings (SSSR count). The fourth-order valence-corrected chi connectivity index (χ4v) is 2.00. The number of rotatable bonds is 7. The Kier molecular flexibility index (Phi) is 5.12. The number of aliphatic hydroxyl groups is 1. The lowest BCUT2D eigenvalue weighted by Gasteiger charge is -2.14. The van der Waals surface area contributed by atoms with Gasteiger partial charge < -0.3 is 15.0 Å². The molecule has 1 aromatic carbocycles. The third kappa shape index (κ3) is 3.91. The predicted molar refractivity (Wildman–Crippen MR) is 75.8 cm³/mol. The predicted octanol–water partition coefficient (Wildman–Crippen LogP) is 1.79. The zero-order chi connectivity index (χ0) is 13.5. The molecule has 0 saturated heterocycles. The molecule has 2 aromatic rings. The Bertz CT molecular complexity index is 477. The van der Waals surface area contributed by atoms with Crippen molar-refractivity contribution in [2.24, 2.45) is 0 Å². The summed E-state index contributed by atoms with van der Waals surface area (Å²) in [4.78, 5) is 4.37. The van der Waals surface area contributed by atoms with Crippen molar-refractivity contribution in [2.75, 3.05) is 6.61 Å². The summed E-state index contributed by atoms with van der Waals surface area (Å²) in [5.74, 6) is 0.996. The molecule has 1 heterocycles. The number of imidazole rings is 1.